The molecule has 0 fully saturated rings. The van der Waals surface area contributed by atoms with Crippen molar-refractivity contribution in [3.05, 3.63) is 42.2 Å². The van der Waals surface area contributed by atoms with Gasteiger partial charge in [-0.15, -0.1) is 0 Å². The van der Waals surface area contributed by atoms with Gasteiger partial charge in [0.25, 0.3) is 0 Å². The number of benzene rings is 1. The average molecular weight is 204 g/mol. The molecule has 2 rings (SSSR count). The molecule has 0 saturated heterocycles. The van der Waals surface area contributed by atoms with Crippen molar-refractivity contribution >= 4 is 0 Å². The third-order valence-electron chi connectivity index (χ3n) is 2.64. The SMILES string of the molecule is COc1cccc(C2CCCC=CO2)c1. The Kier molecular flexibility index (Phi) is 3.28. The number of hydrogen-bond donors (Lipinski definition) is 0. The van der Waals surface area contributed by atoms with Crippen LogP contribution in [-0.4, -0.2) is 7.11 Å². The first-order chi connectivity index (χ1) is 7.40. The third kappa shape index (κ3) is 2.52. The van der Waals surface area contributed by atoms with Crippen molar-refractivity contribution in [3.63, 3.8) is 0 Å². The molecular formula is C13H16O2. The van der Waals surface area contributed by atoms with Crippen LogP contribution in [0.2, 0.25) is 0 Å². The number of methoxy groups -OCH3 is 1. The maximum absolute atomic E-state index is 5.65. The zero-order chi connectivity index (χ0) is 10.5. The van der Waals surface area contributed by atoms with Crippen LogP contribution < -0.4 is 4.74 Å². The lowest BCUT2D eigenvalue weighted by Gasteiger charge is -2.15. The Morgan fingerprint density at radius 1 is 1.40 bits per heavy atom. The van der Waals surface area contributed by atoms with E-state index in [9.17, 15) is 0 Å². The van der Waals surface area contributed by atoms with Crippen molar-refractivity contribution in [2.45, 2.75) is 25.4 Å². The molecule has 0 N–H and O–H groups in total. The molecule has 0 amide bonds. The van der Waals surface area contributed by atoms with Gasteiger partial charge in [0.1, 0.15) is 11.9 Å². The first-order valence-corrected chi connectivity index (χ1v) is 5.34. The van der Waals surface area contributed by atoms with E-state index in [1.165, 1.54) is 12.0 Å². The van der Waals surface area contributed by atoms with Gasteiger partial charge in [-0.25, -0.2) is 0 Å². The summed E-state index contributed by atoms with van der Waals surface area (Å²) in [5.74, 6) is 0.893. The summed E-state index contributed by atoms with van der Waals surface area (Å²) in [5, 5.41) is 0. The van der Waals surface area contributed by atoms with E-state index < -0.39 is 0 Å². The highest BCUT2D eigenvalue weighted by Crippen LogP contribution is 2.28. The molecule has 0 spiro atoms. The molecule has 0 radical (unpaired) electrons. The molecule has 1 unspecified atom stereocenters. The van der Waals surface area contributed by atoms with Gasteiger partial charge in [0.05, 0.1) is 13.4 Å². The topological polar surface area (TPSA) is 18.5 Å². The molecule has 1 heterocycles. The molecule has 80 valence electrons. The van der Waals surface area contributed by atoms with E-state index in [0.717, 1.165) is 18.6 Å². The van der Waals surface area contributed by atoms with Crippen molar-refractivity contribution < 1.29 is 9.47 Å². The number of ether oxygens (including phenoxy) is 2. The Balaban J connectivity index is 2.16. The van der Waals surface area contributed by atoms with Crippen LogP contribution in [-0.2, 0) is 4.74 Å². The number of rotatable bonds is 2. The zero-order valence-corrected chi connectivity index (χ0v) is 8.98. The lowest BCUT2D eigenvalue weighted by molar-refractivity contribution is 0.141. The standard InChI is InChI=1S/C13H16O2/c1-14-12-7-5-6-11(10-12)13-8-3-2-4-9-15-13/h4-7,9-10,13H,2-3,8H2,1H3. The van der Waals surface area contributed by atoms with Crippen LogP contribution in [0.15, 0.2) is 36.6 Å². The second kappa shape index (κ2) is 4.87. The number of allylic oxidation sites excluding steroid dienone is 1. The van der Waals surface area contributed by atoms with Gasteiger partial charge in [-0.2, -0.15) is 0 Å². The highest BCUT2D eigenvalue weighted by atomic mass is 16.5. The van der Waals surface area contributed by atoms with E-state index in [-0.39, 0.29) is 6.10 Å². The predicted molar refractivity (Wildman–Crippen MR) is 59.8 cm³/mol. The van der Waals surface area contributed by atoms with Crippen LogP contribution in [0.3, 0.4) is 0 Å². The molecule has 1 aromatic rings. The van der Waals surface area contributed by atoms with E-state index in [0.29, 0.717) is 0 Å². The molecule has 0 bridgehead atoms. The van der Waals surface area contributed by atoms with E-state index in [4.69, 9.17) is 9.47 Å². The minimum atomic E-state index is 0.179. The monoisotopic (exact) mass is 204 g/mol. The maximum atomic E-state index is 5.65. The van der Waals surface area contributed by atoms with Gasteiger partial charge < -0.3 is 9.47 Å². The molecule has 1 aromatic carbocycles. The van der Waals surface area contributed by atoms with Gasteiger partial charge in [0, 0.05) is 0 Å². The minimum Gasteiger partial charge on any atom is -0.497 e. The Morgan fingerprint density at radius 3 is 3.20 bits per heavy atom. The molecule has 0 aromatic heterocycles. The van der Waals surface area contributed by atoms with Crippen LogP contribution in [0.5, 0.6) is 5.75 Å². The summed E-state index contributed by atoms with van der Waals surface area (Å²) >= 11 is 0. The van der Waals surface area contributed by atoms with Crippen molar-refractivity contribution in [1.82, 2.24) is 0 Å². The Bertz CT molecular complexity index is 344. The number of hydrogen-bond acceptors (Lipinski definition) is 2. The summed E-state index contributed by atoms with van der Waals surface area (Å²) in [7, 11) is 1.69. The fraction of sp³-hybridized carbons (Fsp3) is 0.385. The first kappa shape index (κ1) is 10.1. The predicted octanol–water partition coefficient (Wildman–Crippen LogP) is 3.45. The van der Waals surface area contributed by atoms with Crippen molar-refractivity contribution in [2.24, 2.45) is 0 Å². The fourth-order valence-electron chi connectivity index (χ4n) is 1.79. The molecule has 0 aliphatic carbocycles. The van der Waals surface area contributed by atoms with Crippen LogP contribution in [0.1, 0.15) is 30.9 Å². The maximum Gasteiger partial charge on any atom is 0.123 e. The van der Waals surface area contributed by atoms with Crippen molar-refractivity contribution in [2.75, 3.05) is 7.11 Å². The summed E-state index contributed by atoms with van der Waals surface area (Å²) in [6.07, 6.45) is 7.44. The lowest BCUT2D eigenvalue weighted by Crippen LogP contribution is -1.99. The van der Waals surface area contributed by atoms with Crippen molar-refractivity contribution in [3.8, 4) is 5.75 Å². The summed E-state index contributed by atoms with van der Waals surface area (Å²) in [4.78, 5) is 0. The molecule has 1 aliphatic rings. The molecule has 2 nitrogen and oxygen atoms in total. The highest BCUT2D eigenvalue weighted by Gasteiger charge is 2.13. The Labute approximate surface area is 90.5 Å². The van der Waals surface area contributed by atoms with Gasteiger partial charge in [-0.3, -0.25) is 0 Å². The van der Waals surface area contributed by atoms with Crippen LogP contribution in [0, 0.1) is 0 Å². The van der Waals surface area contributed by atoms with E-state index in [1.54, 1.807) is 7.11 Å². The van der Waals surface area contributed by atoms with E-state index in [1.807, 2.05) is 24.5 Å². The van der Waals surface area contributed by atoms with E-state index >= 15 is 0 Å². The zero-order valence-electron chi connectivity index (χ0n) is 8.98. The van der Waals surface area contributed by atoms with Gasteiger partial charge in [-0.1, -0.05) is 12.1 Å². The van der Waals surface area contributed by atoms with Gasteiger partial charge in [-0.05, 0) is 43.0 Å². The average Bonchev–Trinajstić information content (AvgIpc) is 2.58. The third-order valence-corrected chi connectivity index (χ3v) is 2.64. The summed E-state index contributed by atoms with van der Waals surface area (Å²) < 4.78 is 10.9. The smallest absolute Gasteiger partial charge is 0.123 e. The fourth-order valence-corrected chi connectivity index (χ4v) is 1.79. The van der Waals surface area contributed by atoms with Gasteiger partial charge >= 0.3 is 0 Å². The van der Waals surface area contributed by atoms with E-state index in [2.05, 4.69) is 12.1 Å². The summed E-state index contributed by atoms with van der Waals surface area (Å²) in [6.45, 7) is 0. The molecule has 0 saturated carbocycles. The summed E-state index contributed by atoms with van der Waals surface area (Å²) in [5.41, 5.74) is 1.20. The largest absolute Gasteiger partial charge is 0.497 e. The highest BCUT2D eigenvalue weighted by molar-refractivity contribution is 5.30. The Morgan fingerprint density at radius 2 is 2.33 bits per heavy atom. The van der Waals surface area contributed by atoms with Gasteiger partial charge in [0.2, 0.25) is 0 Å². The second-order valence-corrected chi connectivity index (χ2v) is 3.70. The molecular weight excluding hydrogens is 188 g/mol. The molecule has 1 atom stereocenters. The quantitative estimate of drug-likeness (QED) is 0.734. The van der Waals surface area contributed by atoms with Gasteiger partial charge in [0.15, 0.2) is 0 Å². The van der Waals surface area contributed by atoms with Crippen LogP contribution in [0.4, 0.5) is 0 Å². The molecule has 1 aliphatic heterocycles. The van der Waals surface area contributed by atoms with Crippen LogP contribution in [0.25, 0.3) is 0 Å². The minimum absolute atomic E-state index is 0.179. The second-order valence-electron chi connectivity index (χ2n) is 3.70. The lowest BCUT2D eigenvalue weighted by atomic mass is 10.0. The molecule has 15 heavy (non-hydrogen) atoms. The Hall–Kier alpha value is -1.44. The molecule has 2 heteroatoms. The first-order valence-electron chi connectivity index (χ1n) is 5.34. The van der Waals surface area contributed by atoms with Crippen LogP contribution >= 0.6 is 0 Å². The van der Waals surface area contributed by atoms with Crippen molar-refractivity contribution in [1.29, 1.82) is 0 Å². The normalized spacial score (nSPS) is 20.5. The summed E-state index contributed by atoms with van der Waals surface area (Å²) in [6, 6.07) is 8.10.